The van der Waals surface area contributed by atoms with E-state index < -0.39 is 0 Å². The molecule has 2 aromatic carbocycles. The van der Waals surface area contributed by atoms with Crippen LogP contribution in [-0.4, -0.2) is 4.98 Å². The van der Waals surface area contributed by atoms with Crippen molar-refractivity contribution in [3.63, 3.8) is 0 Å². The quantitative estimate of drug-likeness (QED) is 0.536. The lowest BCUT2D eigenvalue weighted by Crippen LogP contribution is -1.82. The summed E-state index contributed by atoms with van der Waals surface area (Å²) >= 11 is 0. The fourth-order valence-corrected chi connectivity index (χ4v) is 1.81. The highest BCUT2D eigenvalue weighted by molar-refractivity contribution is 5.82. The van der Waals surface area contributed by atoms with E-state index in [0.29, 0.717) is 0 Å². The van der Waals surface area contributed by atoms with Crippen LogP contribution in [0.4, 0.5) is 0 Å². The van der Waals surface area contributed by atoms with E-state index in [1.54, 1.807) is 0 Å². The Labute approximate surface area is 106 Å². The molecule has 0 spiro atoms. The van der Waals surface area contributed by atoms with Crippen molar-refractivity contribution in [3.05, 3.63) is 78.1 Å². The highest BCUT2D eigenvalue weighted by Gasteiger charge is 1.94. The fraction of sp³-hybridized carbons (Fsp3) is 0. The van der Waals surface area contributed by atoms with Gasteiger partial charge in [0.15, 0.2) is 0 Å². The molecule has 0 radical (unpaired) electrons. The van der Waals surface area contributed by atoms with Crippen molar-refractivity contribution in [1.82, 2.24) is 4.98 Å². The van der Waals surface area contributed by atoms with Crippen molar-refractivity contribution < 1.29 is 0 Å². The van der Waals surface area contributed by atoms with Gasteiger partial charge >= 0.3 is 0 Å². The van der Waals surface area contributed by atoms with Crippen LogP contribution in [0.3, 0.4) is 0 Å². The van der Waals surface area contributed by atoms with Gasteiger partial charge in [-0.25, -0.2) is 4.98 Å². The summed E-state index contributed by atoms with van der Waals surface area (Å²) in [6.45, 7) is 0. The molecule has 0 bridgehead atoms. The molecule has 0 saturated carbocycles. The van der Waals surface area contributed by atoms with E-state index in [9.17, 15) is 0 Å². The van der Waals surface area contributed by atoms with Gasteiger partial charge in [-0.1, -0.05) is 48.4 Å². The maximum absolute atomic E-state index is 4.35. The van der Waals surface area contributed by atoms with Crippen LogP contribution in [0.25, 0.3) is 10.8 Å². The molecule has 18 heavy (non-hydrogen) atoms. The fourth-order valence-electron chi connectivity index (χ4n) is 1.81. The second-order valence-corrected chi connectivity index (χ2v) is 4.03. The average molecular weight is 229 g/mol. The van der Waals surface area contributed by atoms with Crippen molar-refractivity contribution in [2.75, 3.05) is 0 Å². The van der Waals surface area contributed by atoms with E-state index >= 15 is 0 Å². The first-order valence-electron chi connectivity index (χ1n) is 5.84. The van der Waals surface area contributed by atoms with Crippen LogP contribution in [0.2, 0.25) is 0 Å². The Bertz CT molecular complexity index is 733. The summed E-state index contributed by atoms with van der Waals surface area (Å²) in [7, 11) is 0. The average Bonchev–Trinajstić information content (AvgIpc) is 2.46. The summed E-state index contributed by atoms with van der Waals surface area (Å²) in [4.78, 5) is 4.35. The first-order chi connectivity index (χ1) is 8.92. The summed E-state index contributed by atoms with van der Waals surface area (Å²) in [5.74, 6) is 6.21. The molecular weight excluding hydrogens is 218 g/mol. The number of pyridine rings is 1. The Hall–Kier alpha value is -2.59. The topological polar surface area (TPSA) is 12.9 Å². The van der Waals surface area contributed by atoms with Crippen LogP contribution in [0.5, 0.6) is 0 Å². The van der Waals surface area contributed by atoms with Crippen LogP contribution < -0.4 is 0 Å². The molecule has 3 aromatic rings. The minimum Gasteiger partial charge on any atom is -0.247 e. The second-order valence-electron chi connectivity index (χ2n) is 4.03. The second kappa shape index (κ2) is 4.73. The third-order valence-electron chi connectivity index (χ3n) is 2.74. The van der Waals surface area contributed by atoms with Gasteiger partial charge in [0.1, 0.15) is 5.69 Å². The van der Waals surface area contributed by atoms with Gasteiger partial charge < -0.3 is 0 Å². The lowest BCUT2D eigenvalue weighted by Gasteiger charge is -1.96. The Morgan fingerprint density at radius 3 is 2.28 bits per heavy atom. The Morgan fingerprint density at radius 1 is 0.722 bits per heavy atom. The first kappa shape index (κ1) is 10.6. The van der Waals surface area contributed by atoms with Gasteiger partial charge in [0.2, 0.25) is 0 Å². The van der Waals surface area contributed by atoms with Crippen LogP contribution in [0.1, 0.15) is 11.3 Å². The van der Waals surface area contributed by atoms with E-state index in [2.05, 4.69) is 29.0 Å². The van der Waals surface area contributed by atoms with E-state index in [4.69, 9.17) is 0 Å². The molecule has 0 saturated heterocycles. The largest absolute Gasteiger partial charge is 0.247 e. The van der Waals surface area contributed by atoms with Crippen molar-refractivity contribution in [3.8, 4) is 11.8 Å². The number of rotatable bonds is 0. The van der Waals surface area contributed by atoms with Crippen molar-refractivity contribution in [2.24, 2.45) is 0 Å². The summed E-state index contributed by atoms with van der Waals surface area (Å²) in [6.07, 6.45) is 1.87. The summed E-state index contributed by atoms with van der Waals surface area (Å²) < 4.78 is 0. The van der Waals surface area contributed by atoms with Crippen LogP contribution >= 0.6 is 0 Å². The molecule has 1 heterocycles. The summed E-state index contributed by atoms with van der Waals surface area (Å²) in [6, 6.07) is 20.1. The number of hydrogen-bond donors (Lipinski definition) is 0. The van der Waals surface area contributed by atoms with Gasteiger partial charge in [-0.05, 0) is 29.5 Å². The third-order valence-corrected chi connectivity index (χ3v) is 2.74. The molecule has 1 heteroatoms. The smallest absolute Gasteiger partial charge is 0.114 e. The maximum Gasteiger partial charge on any atom is 0.114 e. The van der Waals surface area contributed by atoms with Crippen molar-refractivity contribution in [1.29, 1.82) is 0 Å². The Balaban J connectivity index is 1.99. The molecule has 0 fully saturated rings. The molecule has 0 atom stereocenters. The molecular formula is C17H11N. The van der Waals surface area contributed by atoms with Gasteiger partial charge in [-0.3, -0.25) is 0 Å². The van der Waals surface area contributed by atoms with Crippen LogP contribution in [0, 0.1) is 11.8 Å². The van der Waals surface area contributed by atoms with Gasteiger partial charge in [-0.2, -0.15) is 0 Å². The zero-order valence-electron chi connectivity index (χ0n) is 9.80. The molecule has 0 aliphatic heterocycles. The molecule has 0 aliphatic carbocycles. The van der Waals surface area contributed by atoms with Gasteiger partial charge in [-0.15, -0.1) is 0 Å². The number of aromatic nitrogens is 1. The van der Waals surface area contributed by atoms with E-state index in [1.165, 1.54) is 5.39 Å². The summed E-state index contributed by atoms with van der Waals surface area (Å²) in [5.41, 5.74) is 1.81. The molecule has 1 aromatic heterocycles. The first-order valence-corrected chi connectivity index (χ1v) is 5.84. The van der Waals surface area contributed by atoms with Gasteiger partial charge in [0, 0.05) is 17.1 Å². The molecule has 1 nitrogen and oxygen atoms in total. The Kier molecular flexibility index (Phi) is 2.77. The van der Waals surface area contributed by atoms with Crippen molar-refractivity contribution >= 4 is 10.8 Å². The van der Waals surface area contributed by atoms with E-state index in [1.807, 2.05) is 54.7 Å². The predicted octanol–water partition coefficient (Wildman–Crippen LogP) is 3.63. The number of benzene rings is 2. The SMILES string of the molecule is C(#Cc1cc2ccccc2cn1)c1ccccc1. The van der Waals surface area contributed by atoms with E-state index in [-0.39, 0.29) is 0 Å². The Morgan fingerprint density at radius 2 is 1.44 bits per heavy atom. The van der Waals surface area contributed by atoms with E-state index in [0.717, 1.165) is 16.6 Å². The molecule has 0 N–H and O–H groups in total. The van der Waals surface area contributed by atoms with Crippen molar-refractivity contribution in [2.45, 2.75) is 0 Å². The highest BCUT2D eigenvalue weighted by atomic mass is 14.7. The monoisotopic (exact) mass is 229 g/mol. The number of fused-ring (bicyclic) bond motifs is 1. The van der Waals surface area contributed by atoms with Gasteiger partial charge in [0.05, 0.1) is 0 Å². The lowest BCUT2D eigenvalue weighted by molar-refractivity contribution is 1.32. The normalized spacial score (nSPS) is 9.78. The number of hydrogen-bond acceptors (Lipinski definition) is 1. The molecule has 84 valence electrons. The zero-order valence-corrected chi connectivity index (χ0v) is 9.80. The summed E-state index contributed by atoms with van der Waals surface area (Å²) in [5, 5.41) is 2.31. The molecule has 0 aliphatic rings. The zero-order chi connectivity index (χ0) is 12.2. The molecule has 3 rings (SSSR count). The maximum atomic E-state index is 4.35. The van der Waals surface area contributed by atoms with Crippen LogP contribution in [-0.2, 0) is 0 Å². The standard InChI is InChI=1S/C17H11N/c1-2-6-14(7-3-1)10-11-17-12-15-8-4-5-9-16(15)13-18-17/h1-9,12-13H. The minimum atomic E-state index is 0.803. The van der Waals surface area contributed by atoms with Gasteiger partial charge in [0.25, 0.3) is 0 Å². The third kappa shape index (κ3) is 2.23. The minimum absolute atomic E-state index is 0.803. The predicted molar refractivity (Wildman–Crippen MR) is 74.2 cm³/mol. The van der Waals surface area contributed by atoms with Crippen LogP contribution in [0.15, 0.2) is 66.9 Å². The number of nitrogens with zero attached hydrogens (tertiary/aromatic N) is 1. The lowest BCUT2D eigenvalue weighted by atomic mass is 10.1. The molecule has 0 amide bonds. The highest BCUT2D eigenvalue weighted by Crippen LogP contribution is 2.12. The molecule has 0 unspecified atom stereocenters.